The van der Waals surface area contributed by atoms with Crippen molar-refractivity contribution in [2.75, 3.05) is 0 Å². The summed E-state index contributed by atoms with van der Waals surface area (Å²) in [6.45, 7) is 15.6. The molecule has 0 unspecified atom stereocenters. The molecule has 0 amide bonds. The molecule has 1 saturated heterocycles. The van der Waals surface area contributed by atoms with Crippen LogP contribution in [-0.4, -0.2) is 41.4 Å². The fourth-order valence-electron chi connectivity index (χ4n) is 2.45. The molecule has 0 N–H and O–H groups in total. The molecular weight excluding hydrogens is 387 g/mol. The Bertz CT molecular complexity index is 275. The average Bonchev–Trinajstić information content (AvgIpc) is 1.84. The van der Waals surface area contributed by atoms with Crippen LogP contribution in [0.15, 0.2) is 0 Å². The molecular formula is C8H24Cl2O5Si5. The normalized spacial score (nSPS) is 31.5. The van der Waals surface area contributed by atoms with E-state index in [1.807, 2.05) is 52.4 Å². The van der Waals surface area contributed by atoms with Crippen molar-refractivity contribution in [3.63, 3.8) is 0 Å². The highest BCUT2D eigenvalue weighted by atomic mass is 35.7. The van der Waals surface area contributed by atoms with Crippen LogP contribution in [0.5, 0.6) is 0 Å². The van der Waals surface area contributed by atoms with Gasteiger partial charge in [-0.15, -0.1) is 0 Å². The number of hydrogen-bond donors (Lipinski definition) is 0. The lowest BCUT2D eigenvalue weighted by molar-refractivity contribution is 0.250. The Morgan fingerprint density at radius 2 is 0.650 bits per heavy atom. The molecule has 1 aliphatic heterocycles. The Balaban J connectivity index is 3.15. The van der Waals surface area contributed by atoms with E-state index in [0.29, 0.717) is 0 Å². The monoisotopic (exact) mass is 410 g/mol. The highest BCUT2D eigenvalue weighted by Crippen LogP contribution is 2.33. The Labute approximate surface area is 136 Å². The highest BCUT2D eigenvalue weighted by molar-refractivity contribution is 7.41. The minimum Gasteiger partial charge on any atom is -0.416 e. The topological polar surface area (TPSA) is 46.2 Å². The first kappa shape index (κ1) is 19.5. The van der Waals surface area contributed by atoms with Gasteiger partial charge in [0, 0.05) is 0 Å². The Morgan fingerprint density at radius 1 is 0.450 bits per heavy atom. The molecule has 0 aliphatic carbocycles. The third kappa shape index (κ3) is 6.70. The van der Waals surface area contributed by atoms with Crippen molar-refractivity contribution in [3.8, 4) is 0 Å². The fourth-order valence-corrected chi connectivity index (χ4v) is 30.6. The van der Waals surface area contributed by atoms with E-state index in [4.69, 9.17) is 42.7 Å². The van der Waals surface area contributed by atoms with Crippen LogP contribution in [-0.2, 0) is 20.6 Å². The van der Waals surface area contributed by atoms with Crippen molar-refractivity contribution in [1.29, 1.82) is 0 Å². The van der Waals surface area contributed by atoms with Crippen LogP contribution in [0, 0.1) is 0 Å². The van der Waals surface area contributed by atoms with E-state index in [-0.39, 0.29) is 0 Å². The summed E-state index contributed by atoms with van der Waals surface area (Å²) in [5, 5.41) is 0. The minimum absolute atomic E-state index is 1.91. The van der Waals surface area contributed by atoms with Crippen molar-refractivity contribution < 1.29 is 20.6 Å². The van der Waals surface area contributed by atoms with Gasteiger partial charge in [0.05, 0.1) is 0 Å². The first-order valence-electron chi connectivity index (χ1n) is 6.42. The molecule has 0 radical (unpaired) electrons. The summed E-state index contributed by atoms with van der Waals surface area (Å²) in [6, 6.07) is 0. The fraction of sp³-hybridized carbons (Fsp3) is 1.00. The van der Waals surface area contributed by atoms with Gasteiger partial charge in [-0.25, -0.2) is 0 Å². The number of rotatable bonds is 0. The lowest BCUT2D eigenvalue weighted by Crippen LogP contribution is -2.63. The largest absolute Gasteiger partial charge is 0.533 e. The third-order valence-corrected chi connectivity index (χ3v) is 22.6. The zero-order chi connectivity index (χ0) is 16.0. The maximum absolute atomic E-state index is 6.29. The second-order valence-electron chi connectivity index (χ2n) is 6.57. The summed E-state index contributed by atoms with van der Waals surface area (Å²) in [4.78, 5) is 0. The molecule has 0 bridgehead atoms. The zero-order valence-corrected chi connectivity index (χ0v) is 19.8. The maximum atomic E-state index is 6.29. The lowest BCUT2D eigenvalue weighted by Gasteiger charge is -2.44. The van der Waals surface area contributed by atoms with E-state index in [2.05, 4.69) is 0 Å². The van der Waals surface area contributed by atoms with Crippen molar-refractivity contribution in [2.24, 2.45) is 0 Å². The van der Waals surface area contributed by atoms with Crippen LogP contribution in [0.3, 0.4) is 0 Å². The molecule has 0 saturated carbocycles. The summed E-state index contributed by atoms with van der Waals surface area (Å²) < 4.78 is 30.1. The Hall–Kier alpha value is 1.46. The summed E-state index contributed by atoms with van der Waals surface area (Å²) in [5.74, 6) is 0. The predicted molar refractivity (Wildman–Crippen MR) is 92.8 cm³/mol. The van der Waals surface area contributed by atoms with Gasteiger partial charge in [0.1, 0.15) is 0 Å². The maximum Gasteiger partial charge on any atom is 0.533 e. The summed E-state index contributed by atoms with van der Waals surface area (Å²) in [5.41, 5.74) is 0. The smallest absolute Gasteiger partial charge is 0.416 e. The lowest BCUT2D eigenvalue weighted by atomic mass is 11.9. The van der Waals surface area contributed by atoms with E-state index in [1.165, 1.54) is 0 Å². The zero-order valence-electron chi connectivity index (χ0n) is 13.3. The van der Waals surface area contributed by atoms with Crippen molar-refractivity contribution >= 4 is 63.6 Å². The van der Waals surface area contributed by atoms with Crippen LogP contribution < -0.4 is 0 Å². The second kappa shape index (κ2) is 5.83. The van der Waals surface area contributed by atoms with Crippen LogP contribution in [0.25, 0.3) is 0 Å². The van der Waals surface area contributed by atoms with Gasteiger partial charge in [-0.3, -0.25) is 0 Å². The van der Waals surface area contributed by atoms with Crippen LogP contribution in [0.1, 0.15) is 0 Å². The second-order valence-corrected chi connectivity index (χ2v) is 26.3. The van der Waals surface area contributed by atoms with E-state index >= 15 is 0 Å². The molecule has 0 aromatic rings. The first-order chi connectivity index (χ1) is 8.54. The van der Waals surface area contributed by atoms with Crippen molar-refractivity contribution in [3.05, 3.63) is 0 Å². The minimum atomic E-state index is -3.32. The van der Waals surface area contributed by atoms with Gasteiger partial charge in [0.15, 0.2) is 0 Å². The van der Waals surface area contributed by atoms with E-state index < -0.39 is 41.4 Å². The number of hydrogen-bond acceptors (Lipinski definition) is 5. The van der Waals surface area contributed by atoms with Crippen LogP contribution >= 0.6 is 22.2 Å². The van der Waals surface area contributed by atoms with Gasteiger partial charge in [0.25, 0.3) is 0 Å². The molecule has 1 rings (SSSR count). The molecule has 120 valence electrons. The molecule has 12 heteroatoms. The van der Waals surface area contributed by atoms with E-state index in [0.717, 1.165) is 0 Å². The van der Waals surface area contributed by atoms with Gasteiger partial charge in [-0.1, -0.05) is 22.2 Å². The summed E-state index contributed by atoms with van der Waals surface area (Å²) in [7, 11) is -13.1. The van der Waals surface area contributed by atoms with Gasteiger partial charge in [-0.05, 0) is 52.4 Å². The molecule has 1 aliphatic rings. The molecule has 0 aromatic heterocycles. The van der Waals surface area contributed by atoms with Gasteiger partial charge in [-0.2, -0.15) is 0 Å². The third-order valence-electron chi connectivity index (χ3n) is 2.20. The highest BCUT2D eigenvalue weighted by Gasteiger charge is 2.53. The Kier molecular flexibility index (Phi) is 5.69. The molecule has 0 aromatic carbocycles. The van der Waals surface area contributed by atoms with E-state index in [1.54, 1.807) is 0 Å². The van der Waals surface area contributed by atoms with Crippen LogP contribution in [0.4, 0.5) is 0 Å². The van der Waals surface area contributed by atoms with Crippen molar-refractivity contribution in [1.82, 2.24) is 0 Å². The van der Waals surface area contributed by atoms with Gasteiger partial charge >= 0.3 is 41.4 Å². The van der Waals surface area contributed by atoms with Gasteiger partial charge < -0.3 is 20.6 Å². The molecule has 20 heavy (non-hydrogen) atoms. The SMILES string of the molecule is C[Si]1(C)O[Si](C)(C)O[Si](C)(C)O[Si](Cl)(Cl)O[Si](C)(C)O1. The first-order valence-corrected chi connectivity index (χ1v) is 21.5. The van der Waals surface area contributed by atoms with Crippen molar-refractivity contribution in [2.45, 2.75) is 52.4 Å². The quantitative estimate of drug-likeness (QED) is 0.448. The summed E-state index contributed by atoms with van der Waals surface area (Å²) in [6.07, 6.45) is 0. The van der Waals surface area contributed by atoms with Crippen LogP contribution in [0.2, 0.25) is 52.4 Å². The predicted octanol–water partition coefficient (Wildman–Crippen LogP) is 3.80. The van der Waals surface area contributed by atoms with Gasteiger partial charge in [0.2, 0.25) is 0 Å². The number of halogens is 2. The molecule has 1 fully saturated rings. The van der Waals surface area contributed by atoms with E-state index in [9.17, 15) is 0 Å². The molecule has 1 heterocycles. The Morgan fingerprint density at radius 3 is 0.900 bits per heavy atom. The molecule has 0 atom stereocenters. The summed E-state index contributed by atoms with van der Waals surface area (Å²) >= 11 is 12.6. The standard InChI is InChI=1S/C8H24Cl2O5Si5/c1-16(2)11-17(3,4)13-19(7,8)15-20(9,10)14-18(5,6)12-16/h1-8H3. The average molecular weight is 412 g/mol. The molecule has 5 nitrogen and oxygen atoms in total. The molecule has 0 spiro atoms.